The lowest BCUT2D eigenvalue weighted by Gasteiger charge is -2.29. The van der Waals surface area contributed by atoms with Gasteiger partial charge in [-0.1, -0.05) is 0 Å². The van der Waals surface area contributed by atoms with Crippen molar-refractivity contribution >= 4 is 0 Å². The fourth-order valence-electron chi connectivity index (χ4n) is 2.17. The number of halogens is 2. The molecule has 90 valence electrons. The van der Waals surface area contributed by atoms with Crippen molar-refractivity contribution < 1.29 is 8.78 Å². The Balaban J connectivity index is 1.84. The van der Waals surface area contributed by atoms with Crippen LogP contribution in [0.1, 0.15) is 31.4 Å². The van der Waals surface area contributed by atoms with Crippen molar-refractivity contribution in [2.24, 2.45) is 7.05 Å². The highest BCUT2D eigenvalue weighted by atomic mass is 19.3. The van der Waals surface area contributed by atoms with Crippen LogP contribution in [0.15, 0.2) is 12.3 Å². The van der Waals surface area contributed by atoms with Crippen molar-refractivity contribution in [1.82, 2.24) is 15.1 Å². The zero-order valence-corrected chi connectivity index (χ0v) is 9.42. The van der Waals surface area contributed by atoms with Crippen molar-refractivity contribution in [3.63, 3.8) is 0 Å². The van der Waals surface area contributed by atoms with Crippen LogP contribution in [0.3, 0.4) is 0 Å². The van der Waals surface area contributed by atoms with E-state index in [9.17, 15) is 8.78 Å². The first-order valence-electron chi connectivity index (χ1n) is 5.65. The summed E-state index contributed by atoms with van der Waals surface area (Å²) < 4.78 is 28.0. The molecular weight excluding hydrogens is 212 g/mol. The molecule has 1 saturated carbocycles. The summed E-state index contributed by atoms with van der Waals surface area (Å²) in [6, 6.07) is 1.83. The summed E-state index contributed by atoms with van der Waals surface area (Å²) in [5, 5.41) is 7.22. The van der Waals surface area contributed by atoms with E-state index in [4.69, 9.17) is 0 Å². The smallest absolute Gasteiger partial charge is 0.249 e. The Bertz CT molecular complexity index is 349. The lowest BCUT2D eigenvalue weighted by atomic mass is 9.92. The average Bonchev–Trinajstić information content (AvgIpc) is 2.60. The molecule has 1 aliphatic carbocycles. The van der Waals surface area contributed by atoms with Crippen LogP contribution >= 0.6 is 0 Å². The monoisotopic (exact) mass is 229 g/mol. The Morgan fingerprint density at radius 2 is 2.44 bits per heavy atom. The first kappa shape index (κ1) is 11.5. The summed E-state index contributed by atoms with van der Waals surface area (Å²) in [5.74, 6) is -2.48. The molecule has 1 heterocycles. The fourth-order valence-corrected chi connectivity index (χ4v) is 2.17. The van der Waals surface area contributed by atoms with Crippen molar-refractivity contribution in [1.29, 1.82) is 0 Å². The maximum Gasteiger partial charge on any atom is 0.249 e. The van der Waals surface area contributed by atoms with E-state index in [0.29, 0.717) is 13.0 Å². The maximum absolute atomic E-state index is 13.1. The highest BCUT2D eigenvalue weighted by Crippen LogP contribution is 2.33. The van der Waals surface area contributed by atoms with E-state index in [0.717, 1.165) is 12.1 Å². The Morgan fingerprint density at radius 1 is 1.62 bits per heavy atom. The summed E-state index contributed by atoms with van der Waals surface area (Å²) in [5.41, 5.74) is 1.02. The van der Waals surface area contributed by atoms with E-state index in [1.54, 1.807) is 10.9 Å². The second-order valence-electron chi connectivity index (χ2n) is 4.48. The highest BCUT2D eigenvalue weighted by molar-refractivity contribution is 5.00. The highest BCUT2D eigenvalue weighted by Gasteiger charge is 2.35. The second kappa shape index (κ2) is 4.49. The minimum absolute atomic E-state index is 0.0369. The number of nitrogens with one attached hydrogen (secondary N) is 1. The van der Waals surface area contributed by atoms with Gasteiger partial charge in [-0.15, -0.1) is 0 Å². The Hall–Kier alpha value is -0.970. The molecule has 16 heavy (non-hydrogen) atoms. The largest absolute Gasteiger partial charge is 0.308 e. The van der Waals surface area contributed by atoms with E-state index in [1.165, 1.54) is 0 Å². The molecule has 1 aromatic rings. The minimum atomic E-state index is -2.48. The topological polar surface area (TPSA) is 29.9 Å². The van der Waals surface area contributed by atoms with E-state index >= 15 is 0 Å². The Labute approximate surface area is 93.8 Å². The first-order valence-corrected chi connectivity index (χ1v) is 5.65. The standard InChI is InChI=1S/C11H17F2N3/c1-16-10(4-6-15-16)8-14-9-3-2-5-11(12,13)7-9/h4,6,9,14H,2-3,5,7-8H2,1H3/t9-/m0/s1. The molecule has 0 amide bonds. The molecular formula is C11H17F2N3. The zero-order chi connectivity index (χ0) is 11.6. The molecule has 5 heteroatoms. The molecule has 0 radical (unpaired) electrons. The van der Waals surface area contributed by atoms with Crippen molar-refractivity contribution in [2.45, 2.75) is 44.2 Å². The third-order valence-electron chi connectivity index (χ3n) is 3.13. The number of aromatic nitrogens is 2. The van der Waals surface area contributed by atoms with Crippen LogP contribution in [0, 0.1) is 0 Å². The summed E-state index contributed by atoms with van der Waals surface area (Å²) in [6.45, 7) is 0.608. The van der Waals surface area contributed by atoms with Gasteiger partial charge in [0.2, 0.25) is 5.92 Å². The number of nitrogens with zero attached hydrogens (tertiary/aromatic N) is 2. The predicted molar refractivity (Wildman–Crippen MR) is 57.3 cm³/mol. The number of hydrogen-bond donors (Lipinski definition) is 1. The summed E-state index contributed by atoms with van der Waals surface area (Å²) in [7, 11) is 1.85. The van der Waals surface area contributed by atoms with Gasteiger partial charge in [0.15, 0.2) is 0 Å². The van der Waals surface area contributed by atoms with Crippen molar-refractivity contribution in [3.05, 3.63) is 18.0 Å². The number of rotatable bonds is 3. The molecule has 2 rings (SSSR count). The number of hydrogen-bond acceptors (Lipinski definition) is 2. The second-order valence-corrected chi connectivity index (χ2v) is 4.48. The maximum atomic E-state index is 13.1. The molecule has 0 aliphatic heterocycles. The number of alkyl halides is 2. The molecule has 1 N–H and O–H groups in total. The van der Waals surface area contributed by atoms with Crippen LogP contribution in [-0.4, -0.2) is 21.7 Å². The van der Waals surface area contributed by atoms with Gasteiger partial charge in [-0.05, 0) is 18.9 Å². The van der Waals surface area contributed by atoms with E-state index in [2.05, 4.69) is 10.4 Å². The van der Waals surface area contributed by atoms with Gasteiger partial charge in [0, 0.05) is 38.7 Å². The van der Waals surface area contributed by atoms with Crippen LogP contribution in [0.5, 0.6) is 0 Å². The first-order chi connectivity index (χ1) is 7.57. The molecule has 0 unspecified atom stereocenters. The third kappa shape index (κ3) is 2.78. The Morgan fingerprint density at radius 3 is 3.06 bits per heavy atom. The van der Waals surface area contributed by atoms with Gasteiger partial charge < -0.3 is 5.32 Å². The van der Waals surface area contributed by atoms with E-state index in [-0.39, 0.29) is 18.9 Å². The molecule has 1 atom stereocenters. The summed E-state index contributed by atoms with van der Waals surface area (Å²) >= 11 is 0. The molecule has 0 spiro atoms. The minimum Gasteiger partial charge on any atom is -0.308 e. The van der Waals surface area contributed by atoms with Gasteiger partial charge in [-0.3, -0.25) is 4.68 Å². The van der Waals surface area contributed by atoms with Gasteiger partial charge in [0.1, 0.15) is 0 Å². The van der Waals surface area contributed by atoms with Gasteiger partial charge in [0.25, 0.3) is 0 Å². The quantitative estimate of drug-likeness (QED) is 0.860. The third-order valence-corrected chi connectivity index (χ3v) is 3.13. The zero-order valence-electron chi connectivity index (χ0n) is 9.42. The molecule has 0 aromatic carbocycles. The molecule has 0 bridgehead atoms. The fraction of sp³-hybridized carbons (Fsp3) is 0.727. The van der Waals surface area contributed by atoms with Crippen LogP contribution in [0.2, 0.25) is 0 Å². The van der Waals surface area contributed by atoms with Crippen molar-refractivity contribution in [3.8, 4) is 0 Å². The molecule has 1 fully saturated rings. The van der Waals surface area contributed by atoms with Crippen LogP contribution in [0.4, 0.5) is 8.78 Å². The Kier molecular flexibility index (Phi) is 3.23. The predicted octanol–water partition coefficient (Wildman–Crippen LogP) is 2.09. The average molecular weight is 229 g/mol. The molecule has 1 aliphatic rings. The SMILES string of the molecule is Cn1nccc1CN[C@H]1CCCC(F)(F)C1. The van der Waals surface area contributed by atoms with Gasteiger partial charge in [-0.2, -0.15) is 5.10 Å². The van der Waals surface area contributed by atoms with Crippen molar-refractivity contribution in [2.75, 3.05) is 0 Å². The summed E-state index contributed by atoms with van der Waals surface area (Å²) in [4.78, 5) is 0. The molecule has 0 saturated heterocycles. The lowest BCUT2D eigenvalue weighted by molar-refractivity contribution is -0.0443. The van der Waals surface area contributed by atoms with Gasteiger partial charge >= 0.3 is 0 Å². The lowest BCUT2D eigenvalue weighted by Crippen LogP contribution is -2.39. The number of aryl methyl sites for hydroxylation is 1. The van der Waals surface area contributed by atoms with Crippen LogP contribution in [-0.2, 0) is 13.6 Å². The molecule has 3 nitrogen and oxygen atoms in total. The normalized spacial score (nSPS) is 24.6. The van der Waals surface area contributed by atoms with Gasteiger partial charge in [0.05, 0.1) is 5.69 Å². The summed E-state index contributed by atoms with van der Waals surface area (Å²) in [6.07, 6.45) is 3.16. The van der Waals surface area contributed by atoms with Gasteiger partial charge in [-0.25, -0.2) is 8.78 Å². The van der Waals surface area contributed by atoms with Crippen LogP contribution < -0.4 is 5.32 Å². The van der Waals surface area contributed by atoms with E-state index < -0.39 is 5.92 Å². The van der Waals surface area contributed by atoms with Crippen LogP contribution in [0.25, 0.3) is 0 Å². The molecule has 1 aromatic heterocycles. The van der Waals surface area contributed by atoms with E-state index in [1.807, 2.05) is 13.1 Å².